The fourth-order valence-corrected chi connectivity index (χ4v) is 2.32. The Kier molecular flexibility index (Phi) is 4.10. The van der Waals surface area contributed by atoms with Crippen molar-refractivity contribution in [3.63, 3.8) is 0 Å². The van der Waals surface area contributed by atoms with Crippen LogP contribution in [0.2, 0.25) is 0 Å². The van der Waals surface area contributed by atoms with Gasteiger partial charge in [0.15, 0.2) is 0 Å². The van der Waals surface area contributed by atoms with Gasteiger partial charge in [-0.25, -0.2) is 0 Å². The third-order valence-electron chi connectivity index (χ3n) is 3.84. The highest BCUT2D eigenvalue weighted by Gasteiger charge is 2.24. The number of benzene rings is 1. The van der Waals surface area contributed by atoms with Crippen LogP contribution >= 0.6 is 0 Å². The molecule has 0 aromatic heterocycles. The van der Waals surface area contributed by atoms with E-state index in [-0.39, 0.29) is 11.4 Å². The van der Waals surface area contributed by atoms with Crippen LogP contribution in [0.1, 0.15) is 42.6 Å². The predicted octanol–water partition coefficient (Wildman–Crippen LogP) is 1.87. The maximum atomic E-state index is 12.3. The van der Waals surface area contributed by atoms with Crippen molar-refractivity contribution in [2.75, 3.05) is 13.2 Å². The van der Waals surface area contributed by atoms with E-state index in [0.717, 1.165) is 30.6 Å². The Bertz CT molecular complexity index is 473. The number of fused-ring (bicyclic) bond motifs is 1. The molecule has 19 heavy (non-hydrogen) atoms. The second-order valence-electron chi connectivity index (χ2n) is 5.33. The lowest BCUT2D eigenvalue weighted by molar-refractivity contribution is 0.0900. The summed E-state index contributed by atoms with van der Waals surface area (Å²) in [5.74, 6) is 0.865. The van der Waals surface area contributed by atoms with Crippen molar-refractivity contribution < 1.29 is 9.53 Å². The highest BCUT2D eigenvalue weighted by molar-refractivity contribution is 5.95. The van der Waals surface area contributed by atoms with E-state index in [1.54, 1.807) is 0 Å². The van der Waals surface area contributed by atoms with Crippen molar-refractivity contribution in [1.29, 1.82) is 0 Å². The van der Waals surface area contributed by atoms with Gasteiger partial charge in [0.1, 0.15) is 5.75 Å². The SMILES string of the molecule is CCC(C)(CCN)NC(=O)c1ccc2c(c1)CCO2. The molecule has 0 aliphatic carbocycles. The molecule has 1 aliphatic heterocycles. The summed E-state index contributed by atoms with van der Waals surface area (Å²) >= 11 is 0. The molecule has 1 aromatic rings. The van der Waals surface area contributed by atoms with Crippen molar-refractivity contribution in [3.8, 4) is 5.75 Å². The number of nitrogens with two attached hydrogens (primary N) is 1. The number of amides is 1. The first-order valence-corrected chi connectivity index (χ1v) is 6.86. The smallest absolute Gasteiger partial charge is 0.251 e. The molecule has 4 nitrogen and oxygen atoms in total. The third kappa shape index (κ3) is 3.07. The number of carbonyl (C=O) groups is 1. The summed E-state index contributed by atoms with van der Waals surface area (Å²) in [5.41, 5.74) is 7.19. The number of nitrogens with one attached hydrogen (secondary N) is 1. The molecule has 104 valence electrons. The summed E-state index contributed by atoms with van der Waals surface area (Å²) in [6, 6.07) is 5.62. The van der Waals surface area contributed by atoms with Gasteiger partial charge in [-0.05, 0) is 50.1 Å². The van der Waals surface area contributed by atoms with Gasteiger partial charge in [0.2, 0.25) is 0 Å². The van der Waals surface area contributed by atoms with Crippen molar-refractivity contribution in [3.05, 3.63) is 29.3 Å². The Morgan fingerprint density at radius 3 is 3.00 bits per heavy atom. The lowest BCUT2D eigenvalue weighted by Gasteiger charge is -2.29. The van der Waals surface area contributed by atoms with Gasteiger partial charge in [-0.2, -0.15) is 0 Å². The molecule has 2 rings (SSSR count). The molecule has 0 fully saturated rings. The summed E-state index contributed by atoms with van der Waals surface area (Å²) in [4.78, 5) is 12.3. The standard InChI is InChI=1S/C15H22N2O2/c1-3-15(2,7-8-16)17-14(18)12-4-5-13-11(10-12)6-9-19-13/h4-5,10H,3,6-9,16H2,1-2H3,(H,17,18). The Balaban J connectivity index is 2.11. The summed E-state index contributed by atoms with van der Waals surface area (Å²) in [6.45, 7) is 5.38. The molecule has 1 aliphatic rings. The van der Waals surface area contributed by atoms with Crippen LogP contribution in [-0.2, 0) is 6.42 Å². The van der Waals surface area contributed by atoms with E-state index in [0.29, 0.717) is 18.7 Å². The van der Waals surface area contributed by atoms with E-state index in [9.17, 15) is 4.79 Å². The minimum Gasteiger partial charge on any atom is -0.493 e. The van der Waals surface area contributed by atoms with Gasteiger partial charge in [-0.3, -0.25) is 4.79 Å². The van der Waals surface area contributed by atoms with Crippen LogP contribution in [0.15, 0.2) is 18.2 Å². The van der Waals surface area contributed by atoms with Crippen LogP contribution in [0.4, 0.5) is 0 Å². The van der Waals surface area contributed by atoms with Crippen LogP contribution in [0, 0.1) is 0 Å². The highest BCUT2D eigenvalue weighted by Crippen LogP contribution is 2.26. The van der Waals surface area contributed by atoms with E-state index < -0.39 is 0 Å². The molecular weight excluding hydrogens is 240 g/mol. The number of rotatable bonds is 5. The number of carbonyl (C=O) groups excluding carboxylic acids is 1. The molecule has 4 heteroatoms. The zero-order valence-electron chi connectivity index (χ0n) is 11.7. The largest absolute Gasteiger partial charge is 0.493 e. The van der Waals surface area contributed by atoms with E-state index in [2.05, 4.69) is 12.2 Å². The quantitative estimate of drug-likeness (QED) is 0.851. The van der Waals surface area contributed by atoms with Crippen LogP contribution in [0.3, 0.4) is 0 Å². The minimum absolute atomic E-state index is 0.0347. The molecule has 1 unspecified atom stereocenters. The highest BCUT2D eigenvalue weighted by atomic mass is 16.5. The zero-order valence-corrected chi connectivity index (χ0v) is 11.7. The zero-order chi connectivity index (χ0) is 13.9. The Morgan fingerprint density at radius 1 is 1.53 bits per heavy atom. The lowest BCUT2D eigenvalue weighted by atomic mass is 9.94. The summed E-state index contributed by atoms with van der Waals surface area (Å²) in [6.07, 6.45) is 2.53. The molecule has 3 N–H and O–H groups in total. The summed E-state index contributed by atoms with van der Waals surface area (Å²) < 4.78 is 5.45. The van der Waals surface area contributed by atoms with Crippen LogP contribution in [0.25, 0.3) is 0 Å². The van der Waals surface area contributed by atoms with Crippen molar-refractivity contribution in [2.24, 2.45) is 5.73 Å². The first-order chi connectivity index (χ1) is 9.08. The van der Waals surface area contributed by atoms with Gasteiger partial charge in [0, 0.05) is 17.5 Å². The molecular formula is C15H22N2O2. The van der Waals surface area contributed by atoms with Crippen molar-refractivity contribution >= 4 is 5.91 Å². The van der Waals surface area contributed by atoms with Gasteiger partial charge < -0.3 is 15.8 Å². The molecule has 1 aromatic carbocycles. The number of hydrogen-bond donors (Lipinski definition) is 2. The topological polar surface area (TPSA) is 64.3 Å². The van der Waals surface area contributed by atoms with E-state index in [1.165, 1.54) is 0 Å². The predicted molar refractivity (Wildman–Crippen MR) is 75.5 cm³/mol. The van der Waals surface area contributed by atoms with Crippen LogP contribution < -0.4 is 15.8 Å². The van der Waals surface area contributed by atoms with E-state index in [1.807, 2.05) is 25.1 Å². The minimum atomic E-state index is -0.235. The third-order valence-corrected chi connectivity index (χ3v) is 3.84. The lowest BCUT2D eigenvalue weighted by Crippen LogP contribution is -2.46. The fourth-order valence-electron chi connectivity index (χ4n) is 2.32. The first kappa shape index (κ1) is 13.9. The van der Waals surface area contributed by atoms with Gasteiger partial charge >= 0.3 is 0 Å². The molecule has 0 bridgehead atoms. The molecule has 0 spiro atoms. The summed E-state index contributed by atoms with van der Waals surface area (Å²) in [7, 11) is 0. The molecule has 1 amide bonds. The number of ether oxygens (including phenoxy) is 1. The maximum absolute atomic E-state index is 12.3. The maximum Gasteiger partial charge on any atom is 0.251 e. The van der Waals surface area contributed by atoms with E-state index in [4.69, 9.17) is 10.5 Å². The van der Waals surface area contributed by atoms with Gasteiger partial charge in [0.05, 0.1) is 6.61 Å². The summed E-state index contributed by atoms with van der Waals surface area (Å²) in [5, 5.41) is 3.09. The average molecular weight is 262 g/mol. The van der Waals surface area contributed by atoms with Gasteiger partial charge in [0.25, 0.3) is 5.91 Å². The van der Waals surface area contributed by atoms with E-state index >= 15 is 0 Å². The fraction of sp³-hybridized carbons (Fsp3) is 0.533. The average Bonchev–Trinajstić information content (AvgIpc) is 2.86. The Hall–Kier alpha value is -1.55. The van der Waals surface area contributed by atoms with Gasteiger partial charge in [-0.1, -0.05) is 6.92 Å². The monoisotopic (exact) mass is 262 g/mol. The Morgan fingerprint density at radius 2 is 2.32 bits per heavy atom. The van der Waals surface area contributed by atoms with Crippen molar-refractivity contribution in [1.82, 2.24) is 5.32 Å². The molecule has 1 heterocycles. The Labute approximate surface area is 114 Å². The molecule has 0 radical (unpaired) electrons. The second kappa shape index (κ2) is 5.61. The van der Waals surface area contributed by atoms with Crippen LogP contribution in [-0.4, -0.2) is 24.6 Å². The normalized spacial score (nSPS) is 16.4. The van der Waals surface area contributed by atoms with Crippen LogP contribution in [0.5, 0.6) is 5.75 Å². The molecule has 1 atom stereocenters. The molecule has 0 saturated carbocycles. The number of hydrogen-bond acceptors (Lipinski definition) is 3. The van der Waals surface area contributed by atoms with Crippen molar-refractivity contribution in [2.45, 2.75) is 38.6 Å². The first-order valence-electron chi connectivity index (χ1n) is 6.86. The second-order valence-corrected chi connectivity index (χ2v) is 5.33. The van der Waals surface area contributed by atoms with Gasteiger partial charge in [-0.15, -0.1) is 0 Å². The molecule has 0 saturated heterocycles.